The van der Waals surface area contributed by atoms with Crippen LogP contribution in [0.5, 0.6) is 0 Å². The average molecular weight is 442 g/mol. The fraction of sp³-hybridized carbons (Fsp3) is 0.458. The van der Waals surface area contributed by atoms with Crippen molar-refractivity contribution in [3.05, 3.63) is 66.2 Å². The molecule has 0 radical (unpaired) electrons. The van der Waals surface area contributed by atoms with Crippen LogP contribution in [-0.4, -0.2) is 44.8 Å². The van der Waals surface area contributed by atoms with Crippen LogP contribution in [0.3, 0.4) is 0 Å². The molecule has 0 aromatic heterocycles. The summed E-state index contributed by atoms with van der Waals surface area (Å²) in [6.07, 6.45) is 3.54. The van der Waals surface area contributed by atoms with Crippen molar-refractivity contribution in [3.63, 3.8) is 0 Å². The SMILES string of the molecule is O=C(NCC1CCCNC1)C1CCC(c2ccccc2)N(S(=O)(=O)c2ccccc2)C1. The third-order valence-corrected chi connectivity index (χ3v) is 8.29. The lowest BCUT2D eigenvalue weighted by atomic mass is 9.90. The highest BCUT2D eigenvalue weighted by Crippen LogP contribution is 2.37. The highest BCUT2D eigenvalue weighted by Gasteiger charge is 2.40. The Morgan fingerprint density at radius 2 is 1.71 bits per heavy atom. The van der Waals surface area contributed by atoms with Gasteiger partial charge in [0.1, 0.15) is 0 Å². The quantitative estimate of drug-likeness (QED) is 0.723. The molecular formula is C24H31N3O3S. The Balaban J connectivity index is 1.52. The number of amides is 1. The molecule has 0 spiro atoms. The second-order valence-electron chi connectivity index (χ2n) is 8.55. The van der Waals surface area contributed by atoms with E-state index >= 15 is 0 Å². The normalized spacial score (nSPS) is 25.1. The van der Waals surface area contributed by atoms with Crippen LogP contribution in [0.15, 0.2) is 65.6 Å². The van der Waals surface area contributed by atoms with Gasteiger partial charge >= 0.3 is 0 Å². The Morgan fingerprint density at radius 1 is 1.00 bits per heavy atom. The topological polar surface area (TPSA) is 78.5 Å². The first-order valence-electron chi connectivity index (χ1n) is 11.2. The molecule has 2 N–H and O–H groups in total. The van der Waals surface area contributed by atoms with Gasteiger partial charge in [0.25, 0.3) is 0 Å². The summed E-state index contributed by atoms with van der Waals surface area (Å²) in [5, 5.41) is 6.46. The minimum atomic E-state index is -3.72. The van der Waals surface area contributed by atoms with E-state index in [0.717, 1.165) is 31.5 Å². The maximum absolute atomic E-state index is 13.5. The molecule has 1 amide bonds. The van der Waals surface area contributed by atoms with Gasteiger partial charge in [0.05, 0.1) is 16.9 Å². The number of rotatable bonds is 6. The molecule has 0 bridgehead atoms. The standard InChI is InChI=1S/C24H31N3O3S/c28-24(26-17-19-8-7-15-25-16-19)21-13-14-23(20-9-3-1-4-10-20)27(18-21)31(29,30)22-11-5-2-6-12-22/h1-6,9-12,19,21,23,25H,7-8,13-18H2,(H,26,28). The Kier molecular flexibility index (Phi) is 7.05. The van der Waals surface area contributed by atoms with Gasteiger partial charge in [-0.3, -0.25) is 4.79 Å². The van der Waals surface area contributed by atoms with Crippen LogP contribution in [0.1, 0.15) is 37.3 Å². The van der Waals surface area contributed by atoms with E-state index in [0.29, 0.717) is 25.3 Å². The zero-order chi connectivity index (χ0) is 21.7. The summed E-state index contributed by atoms with van der Waals surface area (Å²) >= 11 is 0. The second-order valence-corrected chi connectivity index (χ2v) is 10.4. The van der Waals surface area contributed by atoms with Crippen LogP contribution in [0, 0.1) is 11.8 Å². The number of piperidine rings is 2. The van der Waals surface area contributed by atoms with Gasteiger partial charge in [0.15, 0.2) is 0 Å². The summed E-state index contributed by atoms with van der Waals surface area (Å²) < 4.78 is 28.6. The highest BCUT2D eigenvalue weighted by atomic mass is 32.2. The van der Waals surface area contributed by atoms with Crippen molar-refractivity contribution in [2.75, 3.05) is 26.2 Å². The van der Waals surface area contributed by atoms with E-state index in [1.54, 1.807) is 30.3 Å². The Labute approximate surface area is 185 Å². The first-order chi connectivity index (χ1) is 15.1. The molecule has 2 aromatic carbocycles. The molecule has 4 rings (SSSR count). The Hall–Kier alpha value is -2.22. The van der Waals surface area contributed by atoms with Crippen molar-refractivity contribution in [2.45, 2.75) is 36.6 Å². The van der Waals surface area contributed by atoms with Crippen molar-refractivity contribution >= 4 is 15.9 Å². The van der Waals surface area contributed by atoms with E-state index in [-0.39, 0.29) is 29.3 Å². The molecule has 2 heterocycles. The summed E-state index contributed by atoms with van der Waals surface area (Å²) in [6.45, 7) is 2.82. The van der Waals surface area contributed by atoms with Crippen LogP contribution in [0.2, 0.25) is 0 Å². The molecular weight excluding hydrogens is 410 g/mol. The molecule has 2 aliphatic heterocycles. The zero-order valence-electron chi connectivity index (χ0n) is 17.7. The minimum absolute atomic E-state index is 0.0367. The van der Waals surface area contributed by atoms with E-state index in [1.165, 1.54) is 4.31 Å². The van der Waals surface area contributed by atoms with E-state index in [4.69, 9.17) is 0 Å². The molecule has 0 saturated carbocycles. The van der Waals surface area contributed by atoms with Crippen LogP contribution in [0.25, 0.3) is 0 Å². The smallest absolute Gasteiger partial charge is 0.243 e. The largest absolute Gasteiger partial charge is 0.355 e. The number of hydrogen-bond donors (Lipinski definition) is 2. The highest BCUT2D eigenvalue weighted by molar-refractivity contribution is 7.89. The van der Waals surface area contributed by atoms with Gasteiger partial charge in [-0.25, -0.2) is 8.42 Å². The summed E-state index contributed by atoms with van der Waals surface area (Å²) in [7, 11) is -3.72. The van der Waals surface area contributed by atoms with Gasteiger partial charge < -0.3 is 10.6 Å². The number of nitrogens with one attached hydrogen (secondary N) is 2. The average Bonchev–Trinajstić information content (AvgIpc) is 2.84. The molecule has 2 aliphatic rings. The first-order valence-corrected chi connectivity index (χ1v) is 12.6. The maximum atomic E-state index is 13.5. The molecule has 3 unspecified atom stereocenters. The zero-order valence-corrected chi connectivity index (χ0v) is 18.6. The lowest BCUT2D eigenvalue weighted by molar-refractivity contribution is -0.126. The Bertz CT molecular complexity index is 960. The van der Waals surface area contributed by atoms with Crippen LogP contribution in [-0.2, 0) is 14.8 Å². The van der Waals surface area contributed by atoms with Crippen LogP contribution in [0.4, 0.5) is 0 Å². The molecule has 2 fully saturated rings. The van der Waals surface area contributed by atoms with Gasteiger partial charge in [0, 0.05) is 13.1 Å². The lowest BCUT2D eigenvalue weighted by Gasteiger charge is -2.38. The predicted molar refractivity (Wildman–Crippen MR) is 121 cm³/mol. The monoisotopic (exact) mass is 441 g/mol. The predicted octanol–water partition coefficient (Wildman–Crippen LogP) is 2.94. The van der Waals surface area contributed by atoms with Gasteiger partial charge in [-0.05, 0) is 62.4 Å². The van der Waals surface area contributed by atoms with Gasteiger partial charge in [-0.2, -0.15) is 4.31 Å². The van der Waals surface area contributed by atoms with E-state index < -0.39 is 10.0 Å². The molecule has 2 aromatic rings. The summed E-state index contributed by atoms with van der Waals surface area (Å²) in [4.78, 5) is 13.2. The van der Waals surface area contributed by atoms with Crippen molar-refractivity contribution < 1.29 is 13.2 Å². The molecule has 31 heavy (non-hydrogen) atoms. The van der Waals surface area contributed by atoms with Gasteiger partial charge in [-0.15, -0.1) is 0 Å². The molecule has 0 aliphatic carbocycles. The molecule has 166 valence electrons. The third-order valence-electron chi connectivity index (χ3n) is 6.41. The van der Waals surface area contributed by atoms with Gasteiger partial charge in [0.2, 0.25) is 15.9 Å². The number of carbonyl (C=O) groups excluding carboxylic acids is 1. The van der Waals surface area contributed by atoms with Crippen molar-refractivity contribution in [3.8, 4) is 0 Å². The molecule has 2 saturated heterocycles. The second kappa shape index (κ2) is 9.94. The van der Waals surface area contributed by atoms with Crippen molar-refractivity contribution in [2.24, 2.45) is 11.8 Å². The number of benzene rings is 2. The Morgan fingerprint density at radius 3 is 2.39 bits per heavy atom. The minimum Gasteiger partial charge on any atom is -0.355 e. The number of nitrogens with zero attached hydrogens (tertiary/aromatic N) is 1. The number of carbonyl (C=O) groups is 1. The summed E-state index contributed by atoms with van der Waals surface area (Å²) in [5.74, 6) is 0.0721. The van der Waals surface area contributed by atoms with Crippen molar-refractivity contribution in [1.29, 1.82) is 0 Å². The van der Waals surface area contributed by atoms with Crippen LogP contribution < -0.4 is 10.6 Å². The fourth-order valence-electron chi connectivity index (χ4n) is 4.64. The van der Waals surface area contributed by atoms with E-state index in [2.05, 4.69) is 10.6 Å². The fourth-order valence-corrected chi connectivity index (χ4v) is 6.35. The summed E-state index contributed by atoms with van der Waals surface area (Å²) in [5.41, 5.74) is 0.967. The molecule has 7 heteroatoms. The maximum Gasteiger partial charge on any atom is 0.243 e. The van der Waals surface area contributed by atoms with Crippen LogP contribution >= 0.6 is 0 Å². The first kappa shape index (κ1) is 22.0. The van der Waals surface area contributed by atoms with E-state index in [9.17, 15) is 13.2 Å². The van der Waals surface area contributed by atoms with Gasteiger partial charge in [-0.1, -0.05) is 48.5 Å². The third kappa shape index (κ3) is 5.17. The summed E-state index contributed by atoms with van der Waals surface area (Å²) in [6, 6.07) is 18.0. The molecule has 6 nitrogen and oxygen atoms in total. The van der Waals surface area contributed by atoms with E-state index in [1.807, 2.05) is 30.3 Å². The van der Waals surface area contributed by atoms with Crippen molar-refractivity contribution in [1.82, 2.24) is 14.9 Å². The molecule has 3 atom stereocenters. The lowest BCUT2D eigenvalue weighted by Crippen LogP contribution is -2.48. The number of hydrogen-bond acceptors (Lipinski definition) is 4. The number of sulfonamides is 1.